The first-order valence-corrected chi connectivity index (χ1v) is 5.81. The zero-order valence-corrected chi connectivity index (χ0v) is 9.66. The summed E-state index contributed by atoms with van der Waals surface area (Å²) in [7, 11) is 1.95. The minimum atomic E-state index is -0.474. The Morgan fingerprint density at radius 1 is 1.40 bits per heavy atom. The maximum Gasteiger partial charge on any atom is 0.0702 e. The molecule has 0 bridgehead atoms. The molecule has 1 fully saturated rings. The zero-order chi connectivity index (χ0) is 10.9. The number of aromatic nitrogens is 2. The van der Waals surface area contributed by atoms with E-state index in [0.29, 0.717) is 0 Å². The van der Waals surface area contributed by atoms with Gasteiger partial charge >= 0.3 is 0 Å². The van der Waals surface area contributed by atoms with Gasteiger partial charge in [0, 0.05) is 19.2 Å². The van der Waals surface area contributed by atoms with Gasteiger partial charge in [0.2, 0.25) is 0 Å². The van der Waals surface area contributed by atoms with Crippen molar-refractivity contribution in [3.8, 4) is 0 Å². The normalized spacial score (nSPS) is 20.5. The summed E-state index contributed by atoms with van der Waals surface area (Å²) < 4.78 is 1.89. The van der Waals surface area contributed by atoms with Gasteiger partial charge in [0.15, 0.2) is 0 Å². The molecular formula is C12H20N2O. The Morgan fingerprint density at radius 3 is 2.60 bits per heavy atom. The fourth-order valence-electron chi connectivity index (χ4n) is 2.55. The largest absolute Gasteiger partial charge is 0.389 e. The van der Waals surface area contributed by atoms with E-state index < -0.39 is 5.60 Å². The summed E-state index contributed by atoms with van der Waals surface area (Å²) in [5, 5.41) is 14.7. The SMILES string of the molecule is Cc1cc(CC2(O)CCCCC2)n(C)n1. The van der Waals surface area contributed by atoms with Crippen molar-refractivity contribution in [2.45, 2.75) is 51.0 Å². The number of aliphatic hydroxyl groups is 1. The molecule has 0 atom stereocenters. The molecule has 0 amide bonds. The van der Waals surface area contributed by atoms with E-state index in [-0.39, 0.29) is 0 Å². The fraction of sp³-hybridized carbons (Fsp3) is 0.750. The number of nitrogens with zero attached hydrogens (tertiary/aromatic N) is 2. The van der Waals surface area contributed by atoms with E-state index in [0.717, 1.165) is 43.5 Å². The van der Waals surface area contributed by atoms with Crippen LogP contribution < -0.4 is 0 Å². The molecular weight excluding hydrogens is 188 g/mol. The summed E-state index contributed by atoms with van der Waals surface area (Å²) in [4.78, 5) is 0. The highest BCUT2D eigenvalue weighted by atomic mass is 16.3. The lowest BCUT2D eigenvalue weighted by molar-refractivity contribution is 0.00293. The Kier molecular flexibility index (Phi) is 2.83. The van der Waals surface area contributed by atoms with Crippen molar-refractivity contribution in [2.75, 3.05) is 0 Å². The molecule has 0 saturated heterocycles. The topological polar surface area (TPSA) is 38.0 Å². The minimum absolute atomic E-state index is 0.474. The monoisotopic (exact) mass is 208 g/mol. The Morgan fingerprint density at radius 2 is 2.07 bits per heavy atom. The summed E-state index contributed by atoms with van der Waals surface area (Å²) in [5.41, 5.74) is 1.71. The Labute approximate surface area is 91.1 Å². The Bertz CT molecular complexity index is 337. The van der Waals surface area contributed by atoms with Crippen LogP contribution in [-0.2, 0) is 13.5 Å². The van der Waals surface area contributed by atoms with Gasteiger partial charge in [0.1, 0.15) is 0 Å². The summed E-state index contributed by atoms with van der Waals surface area (Å²) in [6, 6.07) is 2.08. The lowest BCUT2D eigenvalue weighted by atomic mass is 9.81. The maximum atomic E-state index is 10.4. The van der Waals surface area contributed by atoms with Crippen LogP contribution in [0.1, 0.15) is 43.5 Å². The first-order valence-electron chi connectivity index (χ1n) is 5.81. The molecule has 0 unspecified atom stereocenters. The van der Waals surface area contributed by atoms with Crippen molar-refractivity contribution in [2.24, 2.45) is 7.05 Å². The molecule has 0 spiro atoms. The highest BCUT2D eigenvalue weighted by Gasteiger charge is 2.30. The van der Waals surface area contributed by atoms with Gasteiger partial charge in [-0.25, -0.2) is 0 Å². The summed E-state index contributed by atoms with van der Waals surface area (Å²) in [5.74, 6) is 0. The molecule has 3 heteroatoms. The smallest absolute Gasteiger partial charge is 0.0702 e. The van der Waals surface area contributed by atoms with Crippen LogP contribution in [0.2, 0.25) is 0 Å². The van der Waals surface area contributed by atoms with Crippen LogP contribution >= 0.6 is 0 Å². The average molecular weight is 208 g/mol. The molecule has 0 aliphatic heterocycles. The molecule has 1 N–H and O–H groups in total. The molecule has 1 aromatic rings. The van der Waals surface area contributed by atoms with Gasteiger partial charge in [-0.1, -0.05) is 19.3 Å². The van der Waals surface area contributed by atoms with E-state index in [1.165, 1.54) is 6.42 Å². The van der Waals surface area contributed by atoms with Gasteiger partial charge in [0.05, 0.1) is 11.3 Å². The van der Waals surface area contributed by atoms with Crippen molar-refractivity contribution in [3.05, 3.63) is 17.5 Å². The molecule has 1 aromatic heterocycles. The van der Waals surface area contributed by atoms with E-state index in [9.17, 15) is 5.11 Å². The van der Waals surface area contributed by atoms with Crippen molar-refractivity contribution in [1.82, 2.24) is 9.78 Å². The van der Waals surface area contributed by atoms with Crippen LogP contribution in [0, 0.1) is 6.92 Å². The number of hydrogen-bond donors (Lipinski definition) is 1. The van der Waals surface area contributed by atoms with Crippen molar-refractivity contribution < 1.29 is 5.11 Å². The van der Waals surface area contributed by atoms with Crippen molar-refractivity contribution in [1.29, 1.82) is 0 Å². The van der Waals surface area contributed by atoms with Gasteiger partial charge in [0.25, 0.3) is 0 Å². The van der Waals surface area contributed by atoms with Crippen LogP contribution in [0.25, 0.3) is 0 Å². The molecule has 15 heavy (non-hydrogen) atoms. The van der Waals surface area contributed by atoms with Gasteiger partial charge in [-0.05, 0) is 25.8 Å². The lowest BCUT2D eigenvalue weighted by Gasteiger charge is -2.31. The third-order valence-electron chi connectivity index (χ3n) is 3.39. The van der Waals surface area contributed by atoms with Gasteiger partial charge in [-0.3, -0.25) is 4.68 Å². The van der Waals surface area contributed by atoms with E-state index in [1.54, 1.807) is 0 Å². The van der Waals surface area contributed by atoms with Crippen LogP contribution in [0.15, 0.2) is 6.07 Å². The number of hydrogen-bond acceptors (Lipinski definition) is 2. The fourth-order valence-corrected chi connectivity index (χ4v) is 2.55. The molecule has 0 radical (unpaired) electrons. The second-order valence-corrected chi connectivity index (χ2v) is 4.86. The van der Waals surface area contributed by atoms with Gasteiger partial charge in [-0.2, -0.15) is 5.10 Å². The highest BCUT2D eigenvalue weighted by molar-refractivity contribution is 5.11. The van der Waals surface area contributed by atoms with E-state index in [4.69, 9.17) is 0 Å². The van der Waals surface area contributed by atoms with Crippen molar-refractivity contribution in [3.63, 3.8) is 0 Å². The predicted octanol–water partition coefficient (Wildman–Crippen LogP) is 1.97. The third kappa shape index (κ3) is 2.40. The molecule has 1 aliphatic rings. The lowest BCUT2D eigenvalue weighted by Crippen LogP contribution is -2.34. The minimum Gasteiger partial charge on any atom is -0.389 e. The Balaban J connectivity index is 2.09. The van der Waals surface area contributed by atoms with Crippen LogP contribution in [-0.4, -0.2) is 20.5 Å². The molecule has 0 aromatic carbocycles. The maximum absolute atomic E-state index is 10.4. The second kappa shape index (κ2) is 3.97. The molecule has 3 nitrogen and oxygen atoms in total. The van der Waals surface area contributed by atoms with Crippen molar-refractivity contribution >= 4 is 0 Å². The summed E-state index contributed by atoms with van der Waals surface area (Å²) >= 11 is 0. The van der Waals surface area contributed by atoms with E-state index in [1.807, 2.05) is 18.7 Å². The van der Waals surface area contributed by atoms with Crippen LogP contribution in [0.4, 0.5) is 0 Å². The molecule has 84 valence electrons. The molecule has 1 heterocycles. The first kappa shape index (κ1) is 10.7. The molecule has 1 saturated carbocycles. The van der Waals surface area contributed by atoms with Gasteiger partial charge in [-0.15, -0.1) is 0 Å². The first-order chi connectivity index (χ1) is 7.09. The molecule has 1 aliphatic carbocycles. The Hall–Kier alpha value is -0.830. The third-order valence-corrected chi connectivity index (χ3v) is 3.39. The standard InChI is InChI=1S/C12H20N2O/c1-10-8-11(14(2)13-10)9-12(15)6-4-3-5-7-12/h8,15H,3-7,9H2,1-2H3. The average Bonchev–Trinajstić information content (AvgIpc) is 2.45. The molecule has 2 rings (SSSR count). The van der Waals surface area contributed by atoms with E-state index in [2.05, 4.69) is 11.2 Å². The quantitative estimate of drug-likeness (QED) is 0.807. The number of rotatable bonds is 2. The van der Waals surface area contributed by atoms with Crippen LogP contribution in [0.3, 0.4) is 0 Å². The summed E-state index contributed by atoms with van der Waals surface area (Å²) in [6.07, 6.45) is 6.23. The highest BCUT2D eigenvalue weighted by Crippen LogP contribution is 2.31. The predicted molar refractivity (Wildman–Crippen MR) is 59.7 cm³/mol. The number of aryl methyl sites for hydroxylation is 2. The summed E-state index contributed by atoms with van der Waals surface area (Å²) in [6.45, 7) is 1.99. The van der Waals surface area contributed by atoms with Gasteiger partial charge < -0.3 is 5.11 Å². The van der Waals surface area contributed by atoms with E-state index >= 15 is 0 Å². The zero-order valence-electron chi connectivity index (χ0n) is 9.66. The second-order valence-electron chi connectivity index (χ2n) is 4.86. The van der Waals surface area contributed by atoms with Crippen LogP contribution in [0.5, 0.6) is 0 Å².